The van der Waals surface area contributed by atoms with E-state index in [2.05, 4.69) is 5.32 Å². The van der Waals surface area contributed by atoms with Gasteiger partial charge in [0.1, 0.15) is 5.75 Å². The molecule has 2 aliphatic rings. The summed E-state index contributed by atoms with van der Waals surface area (Å²) in [4.78, 5) is 28.3. The molecule has 1 N–H and O–H groups in total. The van der Waals surface area contributed by atoms with E-state index in [0.717, 1.165) is 19.3 Å². The van der Waals surface area contributed by atoms with Gasteiger partial charge in [0.25, 0.3) is 5.91 Å². The molecule has 0 aliphatic carbocycles. The number of nitrogens with one attached hydrogen (secondary N) is 1. The maximum absolute atomic E-state index is 12.4. The van der Waals surface area contributed by atoms with Crippen LogP contribution in [0.3, 0.4) is 0 Å². The smallest absolute Gasteiger partial charge is 0.317 e. The highest BCUT2D eigenvalue weighted by Crippen LogP contribution is 2.30. The second-order valence-corrected chi connectivity index (χ2v) is 7.17. The van der Waals surface area contributed by atoms with Gasteiger partial charge in [0, 0.05) is 26.2 Å². The maximum atomic E-state index is 12.4. The van der Waals surface area contributed by atoms with Gasteiger partial charge in [0.2, 0.25) is 0 Å². The Balaban J connectivity index is 1.47. The number of urea groups is 1. The van der Waals surface area contributed by atoms with Crippen molar-refractivity contribution in [2.45, 2.75) is 31.8 Å². The molecule has 0 atom stereocenters. The molecule has 2 fully saturated rings. The van der Waals surface area contributed by atoms with Gasteiger partial charge >= 0.3 is 6.03 Å². The minimum absolute atomic E-state index is 0.0120. The summed E-state index contributed by atoms with van der Waals surface area (Å²) >= 11 is 0. The first-order valence-electron chi connectivity index (χ1n) is 9.74. The SMILES string of the molecule is CCCNC(=O)N1CCOC2(CCN(C(=O)COc3ccccc3)CC2)C1. The third kappa shape index (κ3) is 5.13. The molecule has 0 aromatic heterocycles. The van der Waals surface area contributed by atoms with Crippen LogP contribution in [0.2, 0.25) is 0 Å². The zero-order valence-electron chi connectivity index (χ0n) is 16.0. The van der Waals surface area contributed by atoms with Gasteiger partial charge in [-0.05, 0) is 31.4 Å². The lowest BCUT2D eigenvalue weighted by atomic mass is 9.89. The van der Waals surface area contributed by atoms with Crippen molar-refractivity contribution in [2.24, 2.45) is 0 Å². The molecule has 0 bridgehead atoms. The molecule has 0 saturated carbocycles. The van der Waals surface area contributed by atoms with E-state index in [0.29, 0.717) is 45.1 Å². The number of piperidine rings is 1. The van der Waals surface area contributed by atoms with Gasteiger partial charge in [-0.15, -0.1) is 0 Å². The highest BCUT2D eigenvalue weighted by atomic mass is 16.5. The Bertz CT molecular complexity index is 629. The molecule has 0 unspecified atom stereocenters. The average Bonchev–Trinajstić information content (AvgIpc) is 2.71. The van der Waals surface area contributed by atoms with Crippen molar-refractivity contribution in [3.05, 3.63) is 30.3 Å². The predicted octanol–water partition coefficient (Wildman–Crippen LogP) is 1.88. The van der Waals surface area contributed by atoms with Gasteiger partial charge in [-0.25, -0.2) is 4.79 Å². The van der Waals surface area contributed by atoms with Crippen LogP contribution in [0.15, 0.2) is 30.3 Å². The van der Waals surface area contributed by atoms with Crippen molar-refractivity contribution in [3.8, 4) is 5.75 Å². The van der Waals surface area contributed by atoms with Crippen LogP contribution in [0.25, 0.3) is 0 Å². The normalized spacial score (nSPS) is 19.0. The number of ether oxygens (including phenoxy) is 2. The Morgan fingerprint density at radius 3 is 2.59 bits per heavy atom. The largest absolute Gasteiger partial charge is 0.484 e. The van der Waals surface area contributed by atoms with Crippen LogP contribution in [0.5, 0.6) is 5.75 Å². The van der Waals surface area contributed by atoms with Crippen LogP contribution in [-0.4, -0.2) is 73.3 Å². The zero-order chi connectivity index (χ0) is 19.1. The van der Waals surface area contributed by atoms with E-state index in [4.69, 9.17) is 9.47 Å². The number of nitrogens with zero attached hydrogens (tertiary/aromatic N) is 2. The monoisotopic (exact) mass is 375 g/mol. The van der Waals surface area contributed by atoms with E-state index in [1.807, 2.05) is 47.1 Å². The van der Waals surface area contributed by atoms with Gasteiger partial charge in [-0.3, -0.25) is 4.79 Å². The average molecular weight is 375 g/mol. The molecular weight excluding hydrogens is 346 g/mol. The van der Waals surface area contributed by atoms with Gasteiger partial charge < -0.3 is 24.6 Å². The summed E-state index contributed by atoms with van der Waals surface area (Å²) in [6.07, 6.45) is 2.40. The minimum atomic E-state index is -0.334. The van der Waals surface area contributed by atoms with Crippen molar-refractivity contribution in [3.63, 3.8) is 0 Å². The van der Waals surface area contributed by atoms with E-state index in [1.54, 1.807) is 0 Å². The summed E-state index contributed by atoms with van der Waals surface area (Å²) < 4.78 is 11.6. The first-order valence-corrected chi connectivity index (χ1v) is 9.74. The third-order valence-corrected chi connectivity index (χ3v) is 5.19. The number of benzene rings is 1. The molecule has 148 valence electrons. The Morgan fingerprint density at radius 1 is 1.15 bits per heavy atom. The Labute approximate surface area is 160 Å². The highest BCUT2D eigenvalue weighted by molar-refractivity contribution is 5.78. The second kappa shape index (κ2) is 9.08. The maximum Gasteiger partial charge on any atom is 0.317 e. The minimum Gasteiger partial charge on any atom is -0.484 e. The highest BCUT2D eigenvalue weighted by Gasteiger charge is 2.41. The van der Waals surface area contributed by atoms with Crippen LogP contribution < -0.4 is 10.1 Å². The fourth-order valence-electron chi connectivity index (χ4n) is 3.58. The summed E-state index contributed by atoms with van der Waals surface area (Å²) in [6.45, 7) is 5.77. The van der Waals surface area contributed by atoms with Gasteiger partial charge in [-0.2, -0.15) is 0 Å². The molecule has 7 nitrogen and oxygen atoms in total. The molecule has 27 heavy (non-hydrogen) atoms. The van der Waals surface area contributed by atoms with Gasteiger partial charge in [0.15, 0.2) is 6.61 Å². The third-order valence-electron chi connectivity index (χ3n) is 5.19. The van der Waals surface area contributed by atoms with Crippen LogP contribution in [0, 0.1) is 0 Å². The summed E-state index contributed by atoms with van der Waals surface area (Å²) in [7, 11) is 0. The number of para-hydroxylation sites is 1. The number of morpholine rings is 1. The number of amides is 3. The lowest BCUT2D eigenvalue weighted by Crippen LogP contribution is -2.60. The van der Waals surface area contributed by atoms with Crippen LogP contribution in [0.1, 0.15) is 26.2 Å². The van der Waals surface area contributed by atoms with Crippen molar-refractivity contribution < 1.29 is 19.1 Å². The number of hydrogen-bond donors (Lipinski definition) is 1. The van der Waals surface area contributed by atoms with Crippen LogP contribution >= 0.6 is 0 Å². The Hall–Kier alpha value is -2.28. The van der Waals surface area contributed by atoms with E-state index in [9.17, 15) is 9.59 Å². The zero-order valence-corrected chi connectivity index (χ0v) is 16.0. The summed E-state index contributed by atoms with van der Waals surface area (Å²) in [5, 5.41) is 2.93. The van der Waals surface area contributed by atoms with Crippen LogP contribution in [-0.2, 0) is 9.53 Å². The molecule has 3 rings (SSSR count). The lowest BCUT2D eigenvalue weighted by Gasteiger charge is -2.47. The second-order valence-electron chi connectivity index (χ2n) is 7.17. The molecule has 2 aliphatic heterocycles. The quantitative estimate of drug-likeness (QED) is 0.853. The first-order chi connectivity index (χ1) is 13.1. The first kappa shape index (κ1) is 19.5. The molecule has 2 saturated heterocycles. The van der Waals surface area contributed by atoms with Gasteiger partial charge in [0.05, 0.1) is 18.8 Å². The molecule has 2 heterocycles. The van der Waals surface area contributed by atoms with E-state index >= 15 is 0 Å². The lowest BCUT2D eigenvalue weighted by molar-refractivity contribution is -0.148. The standard InChI is InChI=1S/C20H29N3O4/c1-2-10-21-19(25)23-13-14-27-20(16-23)8-11-22(12-9-20)18(24)15-26-17-6-4-3-5-7-17/h3-7H,2,8-16H2,1H3,(H,21,25). The topological polar surface area (TPSA) is 71.1 Å². The molecule has 7 heteroatoms. The molecular formula is C20H29N3O4. The molecule has 0 radical (unpaired) electrons. The fraction of sp³-hybridized carbons (Fsp3) is 0.600. The Kier molecular flexibility index (Phi) is 6.55. The van der Waals surface area contributed by atoms with Gasteiger partial charge in [-0.1, -0.05) is 25.1 Å². The number of hydrogen-bond acceptors (Lipinski definition) is 4. The van der Waals surface area contributed by atoms with Crippen molar-refractivity contribution in [2.75, 3.05) is 45.9 Å². The summed E-state index contributed by atoms with van der Waals surface area (Å²) in [5.74, 6) is 0.686. The fourth-order valence-corrected chi connectivity index (χ4v) is 3.58. The predicted molar refractivity (Wildman–Crippen MR) is 102 cm³/mol. The van der Waals surface area contributed by atoms with Crippen molar-refractivity contribution in [1.29, 1.82) is 0 Å². The van der Waals surface area contributed by atoms with E-state index in [1.165, 1.54) is 0 Å². The molecule has 3 amide bonds. The number of likely N-dealkylation sites (tertiary alicyclic amines) is 1. The summed E-state index contributed by atoms with van der Waals surface area (Å²) in [5.41, 5.74) is -0.334. The Morgan fingerprint density at radius 2 is 1.89 bits per heavy atom. The molecule has 1 aromatic rings. The van der Waals surface area contributed by atoms with Crippen molar-refractivity contribution in [1.82, 2.24) is 15.1 Å². The summed E-state index contributed by atoms with van der Waals surface area (Å²) in [6, 6.07) is 9.34. The van der Waals surface area contributed by atoms with E-state index < -0.39 is 0 Å². The van der Waals surface area contributed by atoms with Crippen LogP contribution in [0.4, 0.5) is 4.79 Å². The number of carbonyl (C=O) groups excluding carboxylic acids is 2. The number of rotatable bonds is 5. The van der Waals surface area contributed by atoms with E-state index in [-0.39, 0.29) is 24.1 Å². The van der Waals surface area contributed by atoms with Crippen molar-refractivity contribution >= 4 is 11.9 Å². The number of carbonyl (C=O) groups is 2. The molecule has 1 aromatic carbocycles. The molecule has 1 spiro atoms.